The molecule has 0 spiro atoms. The Balaban J connectivity index is 1.62. The molecular weight excluding hydrogens is 410 g/mol. The molecule has 1 amide bonds. The molecule has 3 heterocycles. The minimum Gasteiger partial charge on any atom is -0.484 e. The maximum atomic E-state index is 12.6. The first-order valence-electron chi connectivity index (χ1n) is 10.3. The van der Waals surface area contributed by atoms with Gasteiger partial charge in [0.25, 0.3) is 11.5 Å². The minimum atomic E-state index is -0.384. The first-order valence-corrected chi connectivity index (χ1v) is 10.3. The minimum absolute atomic E-state index is 0.190. The summed E-state index contributed by atoms with van der Waals surface area (Å²) in [7, 11) is 0. The number of nitrogens with one attached hydrogen (secondary N) is 2. The number of aryl methyl sites for hydroxylation is 2. The van der Waals surface area contributed by atoms with Crippen molar-refractivity contribution in [3.63, 3.8) is 0 Å². The van der Waals surface area contributed by atoms with E-state index in [9.17, 15) is 9.59 Å². The second-order valence-corrected chi connectivity index (χ2v) is 7.27. The molecule has 164 valence electrons. The molecule has 1 aromatic carbocycles. The van der Waals surface area contributed by atoms with E-state index in [0.717, 1.165) is 12.0 Å². The van der Waals surface area contributed by atoms with Crippen LogP contribution in [-0.2, 0) is 11.2 Å². The Morgan fingerprint density at radius 2 is 2.09 bits per heavy atom. The third-order valence-electron chi connectivity index (χ3n) is 4.60. The molecule has 2 N–H and O–H groups in total. The number of nitrogens with zero attached hydrogens (tertiary/aromatic N) is 3. The molecule has 0 aliphatic rings. The van der Waals surface area contributed by atoms with Gasteiger partial charge in [-0.25, -0.2) is 4.98 Å². The molecule has 4 rings (SSSR count). The van der Waals surface area contributed by atoms with Crippen LogP contribution >= 0.6 is 0 Å². The van der Waals surface area contributed by atoms with Crippen molar-refractivity contribution in [1.82, 2.24) is 19.7 Å². The Morgan fingerprint density at radius 1 is 1.22 bits per heavy atom. The molecule has 9 nitrogen and oxygen atoms in total. The topological polar surface area (TPSA) is 115 Å². The van der Waals surface area contributed by atoms with Crippen LogP contribution in [0, 0.1) is 6.92 Å². The summed E-state index contributed by atoms with van der Waals surface area (Å²) in [5.74, 6) is 1.26. The van der Waals surface area contributed by atoms with Crippen LogP contribution < -0.4 is 15.6 Å². The summed E-state index contributed by atoms with van der Waals surface area (Å²) in [6.45, 7) is 3.76. The van der Waals surface area contributed by atoms with Crippen molar-refractivity contribution < 1.29 is 13.9 Å². The fraction of sp³-hybridized carbons (Fsp3) is 0.217. The summed E-state index contributed by atoms with van der Waals surface area (Å²) in [6, 6.07) is 14.0. The Hall–Kier alpha value is -4.14. The number of H-pyrrole nitrogens is 1. The van der Waals surface area contributed by atoms with Gasteiger partial charge >= 0.3 is 0 Å². The maximum Gasteiger partial charge on any atom is 0.263 e. The molecule has 3 aromatic heterocycles. The zero-order chi connectivity index (χ0) is 22.5. The Bertz CT molecular complexity index is 1270. The van der Waals surface area contributed by atoms with Crippen LogP contribution in [-0.4, -0.2) is 32.3 Å². The van der Waals surface area contributed by atoms with E-state index in [4.69, 9.17) is 9.15 Å². The molecule has 0 saturated carbocycles. The molecule has 9 heteroatoms. The third kappa shape index (κ3) is 4.94. The first kappa shape index (κ1) is 21.1. The molecule has 0 fully saturated rings. The predicted octanol–water partition coefficient (Wildman–Crippen LogP) is 3.49. The standard InChI is InChI=1S/C23H23N5O4/c1-3-6-16-12-21(29)26-23(24-16)28-20(13-18(27-28)19-9-5-10-31-19)25-22(30)14-32-17-8-4-7-15(2)11-17/h4-5,7-13H,3,6,14H2,1-2H3,(H,25,30)(H,24,26,29). The van der Waals surface area contributed by atoms with E-state index in [1.807, 2.05) is 32.0 Å². The van der Waals surface area contributed by atoms with Gasteiger partial charge in [-0.2, -0.15) is 9.78 Å². The summed E-state index contributed by atoms with van der Waals surface area (Å²) in [5.41, 5.74) is 1.86. The fourth-order valence-electron chi connectivity index (χ4n) is 3.19. The number of hydrogen-bond acceptors (Lipinski definition) is 6. The molecule has 0 aliphatic carbocycles. The number of aromatic nitrogens is 4. The quantitative estimate of drug-likeness (QED) is 0.440. The third-order valence-corrected chi connectivity index (χ3v) is 4.60. The van der Waals surface area contributed by atoms with Crippen LogP contribution in [0.2, 0.25) is 0 Å². The highest BCUT2D eigenvalue weighted by Crippen LogP contribution is 2.24. The van der Waals surface area contributed by atoms with Crippen LogP contribution in [0.15, 0.2) is 64.0 Å². The van der Waals surface area contributed by atoms with Gasteiger partial charge in [0, 0.05) is 17.8 Å². The molecule has 32 heavy (non-hydrogen) atoms. The van der Waals surface area contributed by atoms with Gasteiger partial charge in [0.2, 0.25) is 5.95 Å². The summed E-state index contributed by atoms with van der Waals surface area (Å²) >= 11 is 0. The molecule has 0 saturated heterocycles. The van der Waals surface area contributed by atoms with Crippen LogP contribution in [0.25, 0.3) is 17.4 Å². The van der Waals surface area contributed by atoms with Crippen LogP contribution in [0.4, 0.5) is 5.82 Å². The lowest BCUT2D eigenvalue weighted by Gasteiger charge is -2.10. The number of ether oxygens (including phenoxy) is 1. The summed E-state index contributed by atoms with van der Waals surface area (Å²) in [6.07, 6.45) is 3.02. The Kier molecular flexibility index (Phi) is 6.16. The van der Waals surface area contributed by atoms with Crippen molar-refractivity contribution in [3.8, 4) is 23.2 Å². The smallest absolute Gasteiger partial charge is 0.263 e. The average Bonchev–Trinajstić information content (AvgIpc) is 3.42. The van der Waals surface area contributed by atoms with Crippen LogP contribution in [0.3, 0.4) is 0 Å². The van der Waals surface area contributed by atoms with E-state index in [0.29, 0.717) is 35.1 Å². The van der Waals surface area contributed by atoms with Gasteiger partial charge in [0.05, 0.1) is 6.26 Å². The van der Waals surface area contributed by atoms with Gasteiger partial charge in [-0.1, -0.05) is 25.5 Å². The zero-order valence-corrected chi connectivity index (χ0v) is 17.8. The van der Waals surface area contributed by atoms with Crippen molar-refractivity contribution in [3.05, 3.63) is 76.4 Å². The molecular formula is C23H23N5O4. The van der Waals surface area contributed by atoms with Crippen molar-refractivity contribution in [2.45, 2.75) is 26.7 Å². The van der Waals surface area contributed by atoms with E-state index in [1.165, 1.54) is 17.0 Å². The zero-order valence-electron chi connectivity index (χ0n) is 17.8. The van der Waals surface area contributed by atoms with Gasteiger partial charge in [0.1, 0.15) is 17.3 Å². The highest BCUT2D eigenvalue weighted by molar-refractivity contribution is 5.91. The lowest BCUT2D eigenvalue weighted by atomic mass is 10.2. The molecule has 4 aromatic rings. The van der Waals surface area contributed by atoms with Crippen molar-refractivity contribution in [2.24, 2.45) is 0 Å². The van der Waals surface area contributed by atoms with Gasteiger partial charge in [0.15, 0.2) is 12.4 Å². The lowest BCUT2D eigenvalue weighted by molar-refractivity contribution is -0.118. The predicted molar refractivity (Wildman–Crippen MR) is 119 cm³/mol. The summed E-state index contributed by atoms with van der Waals surface area (Å²) < 4.78 is 12.4. The fourth-order valence-corrected chi connectivity index (χ4v) is 3.19. The normalized spacial score (nSPS) is 10.8. The largest absolute Gasteiger partial charge is 0.484 e. The van der Waals surface area contributed by atoms with E-state index < -0.39 is 0 Å². The monoisotopic (exact) mass is 433 g/mol. The second-order valence-electron chi connectivity index (χ2n) is 7.27. The number of carbonyl (C=O) groups is 1. The number of furan rings is 1. The van der Waals surface area contributed by atoms with Gasteiger partial charge < -0.3 is 14.5 Å². The number of aromatic amines is 1. The van der Waals surface area contributed by atoms with Gasteiger partial charge in [-0.05, 0) is 43.2 Å². The summed E-state index contributed by atoms with van der Waals surface area (Å²) in [4.78, 5) is 31.9. The van der Waals surface area contributed by atoms with Crippen molar-refractivity contribution in [1.29, 1.82) is 0 Å². The molecule has 0 bridgehead atoms. The van der Waals surface area contributed by atoms with Crippen LogP contribution in [0.5, 0.6) is 5.75 Å². The number of benzene rings is 1. The number of anilines is 1. The first-order chi connectivity index (χ1) is 15.5. The highest BCUT2D eigenvalue weighted by Gasteiger charge is 2.17. The van der Waals surface area contributed by atoms with Gasteiger partial charge in [-0.15, -0.1) is 0 Å². The van der Waals surface area contributed by atoms with E-state index >= 15 is 0 Å². The molecule has 0 aliphatic heterocycles. The Labute approximate surface area is 184 Å². The van der Waals surface area contributed by atoms with E-state index in [2.05, 4.69) is 20.4 Å². The van der Waals surface area contributed by atoms with Crippen molar-refractivity contribution in [2.75, 3.05) is 11.9 Å². The molecule has 0 atom stereocenters. The van der Waals surface area contributed by atoms with E-state index in [1.54, 1.807) is 24.3 Å². The van der Waals surface area contributed by atoms with Crippen LogP contribution in [0.1, 0.15) is 24.6 Å². The summed E-state index contributed by atoms with van der Waals surface area (Å²) in [5, 5.41) is 7.26. The Morgan fingerprint density at radius 3 is 2.84 bits per heavy atom. The number of amides is 1. The lowest BCUT2D eigenvalue weighted by Crippen LogP contribution is -2.23. The number of rotatable bonds is 8. The SMILES string of the molecule is CCCc1cc(=O)[nH]c(-n2nc(-c3ccco3)cc2NC(=O)COc2cccc(C)c2)n1. The van der Waals surface area contributed by atoms with Crippen molar-refractivity contribution >= 4 is 11.7 Å². The molecule has 0 radical (unpaired) electrons. The van der Waals surface area contributed by atoms with E-state index in [-0.39, 0.29) is 24.0 Å². The highest BCUT2D eigenvalue weighted by atomic mass is 16.5. The number of hydrogen-bond donors (Lipinski definition) is 2. The number of carbonyl (C=O) groups excluding carboxylic acids is 1. The second kappa shape index (κ2) is 9.34. The maximum absolute atomic E-state index is 12.6. The average molecular weight is 433 g/mol. The molecule has 0 unspecified atom stereocenters. The van der Waals surface area contributed by atoms with Gasteiger partial charge in [-0.3, -0.25) is 14.6 Å².